The van der Waals surface area contributed by atoms with E-state index in [4.69, 9.17) is 0 Å². The lowest BCUT2D eigenvalue weighted by molar-refractivity contribution is -0.120. The van der Waals surface area contributed by atoms with Crippen molar-refractivity contribution in [3.8, 4) is 0 Å². The Morgan fingerprint density at radius 2 is 2.35 bits per heavy atom. The maximum atomic E-state index is 11.5. The molecule has 17 heavy (non-hydrogen) atoms. The molecule has 1 N–H and O–H groups in total. The highest BCUT2D eigenvalue weighted by molar-refractivity contribution is 9.11. The molecule has 88 valence electrons. The Morgan fingerprint density at radius 1 is 1.47 bits per heavy atom. The monoisotopic (exact) mass is 328 g/mol. The molecule has 0 saturated heterocycles. The fourth-order valence-electron chi connectivity index (χ4n) is 1.18. The van der Waals surface area contributed by atoms with Gasteiger partial charge in [0.05, 0.1) is 16.4 Å². The summed E-state index contributed by atoms with van der Waals surface area (Å²) in [5.41, 5.74) is 2.51. The second kappa shape index (κ2) is 6.09. The zero-order valence-corrected chi connectivity index (χ0v) is 11.9. The minimum atomic E-state index is -0.0979. The fraction of sp³-hybridized carbons (Fsp3) is 0.0909. The number of hydrogen-bond donors (Lipinski definition) is 1. The van der Waals surface area contributed by atoms with Gasteiger partial charge in [0.1, 0.15) is 0 Å². The van der Waals surface area contributed by atoms with Crippen molar-refractivity contribution in [3.63, 3.8) is 0 Å². The van der Waals surface area contributed by atoms with Gasteiger partial charge in [0.15, 0.2) is 0 Å². The first-order chi connectivity index (χ1) is 8.24. The summed E-state index contributed by atoms with van der Waals surface area (Å²) in [4.78, 5) is 13.5. The van der Waals surface area contributed by atoms with Gasteiger partial charge in [0.2, 0.25) is 5.91 Å². The van der Waals surface area contributed by atoms with Crippen LogP contribution in [0.2, 0.25) is 0 Å². The van der Waals surface area contributed by atoms with Gasteiger partial charge in [-0.3, -0.25) is 4.79 Å². The van der Waals surface area contributed by atoms with Crippen LogP contribution in [0.15, 0.2) is 38.5 Å². The SMILES string of the molecule is O=C(Cc1cccs1)N/N=C\c1ccc(Br)s1. The van der Waals surface area contributed by atoms with Crippen molar-refractivity contribution in [2.45, 2.75) is 6.42 Å². The molecule has 0 aromatic carbocycles. The Morgan fingerprint density at radius 3 is 3.00 bits per heavy atom. The van der Waals surface area contributed by atoms with Gasteiger partial charge >= 0.3 is 0 Å². The number of carbonyl (C=O) groups excluding carboxylic acids is 1. The van der Waals surface area contributed by atoms with E-state index in [-0.39, 0.29) is 5.91 Å². The molecule has 0 bridgehead atoms. The molecule has 0 spiro atoms. The van der Waals surface area contributed by atoms with Crippen molar-refractivity contribution < 1.29 is 4.79 Å². The molecule has 0 radical (unpaired) electrons. The number of thiophene rings is 2. The minimum absolute atomic E-state index is 0.0979. The molecule has 2 aromatic rings. The van der Waals surface area contributed by atoms with Crippen molar-refractivity contribution in [2.24, 2.45) is 5.10 Å². The summed E-state index contributed by atoms with van der Waals surface area (Å²) < 4.78 is 1.05. The number of amides is 1. The zero-order chi connectivity index (χ0) is 12.1. The smallest absolute Gasteiger partial charge is 0.245 e. The van der Waals surface area contributed by atoms with Gasteiger partial charge in [-0.05, 0) is 39.5 Å². The van der Waals surface area contributed by atoms with Crippen LogP contribution < -0.4 is 5.43 Å². The van der Waals surface area contributed by atoms with Crippen LogP contribution in [0, 0.1) is 0 Å². The summed E-state index contributed by atoms with van der Waals surface area (Å²) in [5, 5.41) is 5.86. The van der Waals surface area contributed by atoms with Crippen LogP contribution in [0.3, 0.4) is 0 Å². The highest BCUT2D eigenvalue weighted by Gasteiger charge is 2.02. The summed E-state index contributed by atoms with van der Waals surface area (Å²) >= 11 is 6.49. The summed E-state index contributed by atoms with van der Waals surface area (Å²) in [6.45, 7) is 0. The third-order valence-electron chi connectivity index (χ3n) is 1.89. The Balaban J connectivity index is 1.82. The molecule has 0 aliphatic carbocycles. The van der Waals surface area contributed by atoms with Crippen molar-refractivity contribution in [3.05, 3.63) is 43.2 Å². The van der Waals surface area contributed by atoms with Crippen LogP contribution in [-0.4, -0.2) is 12.1 Å². The standard InChI is InChI=1S/C11H9BrN2OS2/c12-10-4-3-9(17-10)7-13-14-11(15)6-8-2-1-5-16-8/h1-5,7H,6H2,(H,14,15)/b13-7-. The van der Waals surface area contributed by atoms with E-state index in [0.29, 0.717) is 6.42 Å². The third kappa shape index (κ3) is 4.07. The first-order valence-corrected chi connectivity index (χ1v) is 7.32. The number of hydrazone groups is 1. The van der Waals surface area contributed by atoms with Gasteiger partial charge in [-0.1, -0.05) is 6.07 Å². The third-order valence-corrected chi connectivity index (χ3v) is 4.32. The number of halogens is 1. The summed E-state index contributed by atoms with van der Waals surface area (Å²) in [6, 6.07) is 7.74. The molecule has 3 nitrogen and oxygen atoms in total. The molecule has 2 aromatic heterocycles. The Hall–Kier alpha value is -0.980. The van der Waals surface area contributed by atoms with Crippen LogP contribution in [0.1, 0.15) is 9.75 Å². The first-order valence-electron chi connectivity index (χ1n) is 4.83. The molecule has 2 rings (SSSR count). The molecule has 2 heterocycles. The van der Waals surface area contributed by atoms with Crippen LogP contribution >= 0.6 is 38.6 Å². The normalized spacial score (nSPS) is 10.9. The van der Waals surface area contributed by atoms with E-state index < -0.39 is 0 Å². The minimum Gasteiger partial charge on any atom is -0.273 e. The first kappa shape index (κ1) is 12.5. The van der Waals surface area contributed by atoms with E-state index in [2.05, 4.69) is 26.5 Å². The summed E-state index contributed by atoms with van der Waals surface area (Å²) in [6.07, 6.45) is 2.02. The van der Waals surface area contributed by atoms with Gasteiger partial charge in [-0.25, -0.2) is 5.43 Å². The topological polar surface area (TPSA) is 41.5 Å². The van der Waals surface area contributed by atoms with Crippen LogP contribution in [-0.2, 0) is 11.2 Å². The van der Waals surface area contributed by atoms with E-state index in [1.807, 2.05) is 29.6 Å². The molecule has 6 heteroatoms. The van der Waals surface area contributed by atoms with E-state index in [1.54, 1.807) is 28.9 Å². The Kier molecular flexibility index (Phi) is 4.47. The van der Waals surface area contributed by atoms with Gasteiger partial charge in [-0.2, -0.15) is 5.10 Å². The van der Waals surface area contributed by atoms with Crippen LogP contribution in [0.25, 0.3) is 0 Å². The van der Waals surface area contributed by atoms with Gasteiger partial charge in [-0.15, -0.1) is 22.7 Å². The van der Waals surface area contributed by atoms with Crippen molar-refractivity contribution in [2.75, 3.05) is 0 Å². The largest absolute Gasteiger partial charge is 0.273 e. The van der Waals surface area contributed by atoms with Gasteiger partial charge < -0.3 is 0 Å². The maximum absolute atomic E-state index is 11.5. The lowest BCUT2D eigenvalue weighted by atomic mass is 10.3. The molecular weight excluding hydrogens is 320 g/mol. The lowest BCUT2D eigenvalue weighted by Gasteiger charge is -1.96. The van der Waals surface area contributed by atoms with E-state index in [0.717, 1.165) is 13.5 Å². The second-order valence-corrected chi connectivity index (χ2v) is 6.72. The number of nitrogens with one attached hydrogen (secondary N) is 1. The molecular formula is C11H9BrN2OS2. The Bertz CT molecular complexity index is 519. The van der Waals surface area contributed by atoms with Crippen LogP contribution in [0.4, 0.5) is 0 Å². The average Bonchev–Trinajstić information content (AvgIpc) is 2.90. The van der Waals surface area contributed by atoms with Crippen molar-refractivity contribution >= 4 is 50.7 Å². The second-order valence-electron chi connectivity index (χ2n) is 3.19. The predicted octanol–water partition coefficient (Wildman–Crippen LogP) is 3.26. The van der Waals surface area contributed by atoms with E-state index >= 15 is 0 Å². The zero-order valence-electron chi connectivity index (χ0n) is 8.72. The maximum Gasteiger partial charge on any atom is 0.245 e. The molecule has 0 aliphatic heterocycles. The summed E-state index contributed by atoms with van der Waals surface area (Å²) in [5.74, 6) is -0.0979. The molecule has 0 saturated carbocycles. The molecule has 0 aliphatic rings. The average molecular weight is 329 g/mol. The van der Waals surface area contributed by atoms with E-state index in [1.165, 1.54) is 0 Å². The molecule has 0 fully saturated rings. The van der Waals surface area contributed by atoms with Gasteiger partial charge in [0.25, 0.3) is 0 Å². The molecule has 0 atom stereocenters. The lowest BCUT2D eigenvalue weighted by Crippen LogP contribution is -2.19. The van der Waals surface area contributed by atoms with Gasteiger partial charge in [0, 0.05) is 9.75 Å². The fourth-order valence-corrected chi connectivity index (χ4v) is 3.18. The number of nitrogens with zero attached hydrogens (tertiary/aromatic N) is 1. The number of hydrogen-bond acceptors (Lipinski definition) is 4. The highest BCUT2D eigenvalue weighted by Crippen LogP contribution is 2.20. The van der Waals surface area contributed by atoms with Crippen molar-refractivity contribution in [1.29, 1.82) is 0 Å². The van der Waals surface area contributed by atoms with Crippen molar-refractivity contribution in [1.82, 2.24) is 5.43 Å². The van der Waals surface area contributed by atoms with E-state index in [9.17, 15) is 4.79 Å². The molecule has 0 unspecified atom stereocenters. The number of rotatable bonds is 4. The summed E-state index contributed by atoms with van der Waals surface area (Å²) in [7, 11) is 0. The predicted molar refractivity (Wildman–Crippen MR) is 75.8 cm³/mol. The highest BCUT2D eigenvalue weighted by atomic mass is 79.9. The quantitative estimate of drug-likeness (QED) is 0.679. The number of carbonyl (C=O) groups is 1. The Labute approximate surface area is 115 Å². The molecule has 1 amide bonds. The van der Waals surface area contributed by atoms with Crippen LogP contribution in [0.5, 0.6) is 0 Å².